The van der Waals surface area contributed by atoms with Crippen LogP contribution in [0.25, 0.3) is 0 Å². The molecule has 0 spiro atoms. The number of rotatable bonds is 3. The van der Waals surface area contributed by atoms with Gasteiger partial charge in [-0.3, -0.25) is 19.7 Å². The third-order valence-electron chi connectivity index (χ3n) is 5.05. The van der Waals surface area contributed by atoms with Crippen LogP contribution < -0.4 is 10.6 Å². The molecule has 0 radical (unpaired) electrons. The number of imide groups is 1. The van der Waals surface area contributed by atoms with Crippen LogP contribution in [0.1, 0.15) is 36.2 Å². The van der Waals surface area contributed by atoms with Gasteiger partial charge in [0.25, 0.3) is 11.8 Å². The zero-order valence-electron chi connectivity index (χ0n) is 14.6. The zero-order valence-corrected chi connectivity index (χ0v) is 14.6. The molecule has 8 nitrogen and oxygen atoms in total. The van der Waals surface area contributed by atoms with Crippen molar-refractivity contribution < 1.29 is 24.3 Å². The van der Waals surface area contributed by atoms with E-state index in [4.69, 9.17) is 0 Å². The van der Waals surface area contributed by atoms with Gasteiger partial charge < -0.3 is 15.3 Å². The lowest BCUT2D eigenvalue weighted by Gasteiger charge is -2.34. The lowest BCUT2D eigenvalue weighted by molar-refractivity contribution is -0.143. The van der Waals surface area contributed by atoms with Crippen LogP contribution >= 0.6 is 0 Å². The summed E-state index contributed by atoms with van der Waals surface area (Å²) in [6.45, 7) is 4.23. The molecule has 3 rings (SSSR count). The number of carboxylic acids is 1. The van der Waals surface area contributed by atoms with Gasteiger partial charge in [0.15, 0.2) is 0 Å². The van der Waals surface area contributed by atoms with E-state index < -0.39 is 29.4 Å². The van der Waals surface area contributed by atoms with Gasteiger partial charge in [0.1, 0.15) is 5.54 Å². The molecule has 0 aliphatic carbocycles. The normalized spacial score (nSPS) is 28.5. The molecule has 0 aromatic heterocycles. The van der Waals surface area contributed by atoms with E-state index in [-0.39, 0.29) is 18.4 Å². The van der Waals surface area contributed by atoms with Gasteiger partial charge in [0.05, 0.1) is 5.92 Å². The number of likely N-dealkylation sites (tertiary alicyclic amines) is 1. The van der Waals surface area contributed by atoms with Crippen molar-refractivity contribution in [1.29, 1.82) is 0 Å². The molecule has 2 fully saturated rings. The predicted octanol–water partition coefficient (Wildman–Crippen LogP) is 0.924. The molecule has 3 atom stereocenters. The highest BCUT2D eigenvalue weighted by molar-refractivity contribution is 6.07. The first-order valence-corrected chi connectivity index (χ1v) is 8.47. The quantitative estimate of drug-likeness (QED) is 0.694. The maximum absolute atomic E-state index is 12.7. The van der Waals surface area contributed by atoms with Gasteiger partial charge in [-0.2, -0.15) is 0 Å². The minimum absolute atomic E-state index is 0.115. The largest absolute Gasteiger partial charge is 0.481 e. The predicted molar refractivity (Wildman–Crippen MR) is 91.3 cm³/mol. The summed E-state index contributed by atoms with van der Waals surface area (Å²) in [4.78, 5) is 48.9. The van der Waals surface area contributed by atoms with Crippen molar-refractivity contribution in [2.75, 3.05) is 13.1 Å². The molecular formula is C18H21N3O5. The molecule has 1 aromatic rings. The van der Waals surface area contributed by atoms with Crippen LogP contribution in [-0.2, 0) is 15.1 Å². The topological polar surface area (TPSA) is 116 Å². The summed E-state index contributed by atoms with van der Waals surface area (Å²) >= 11 is 0. The molecule has 2 aliphatic heterocycles. The second-order valence-corrected chi connectivity index (χ2v) is 7.20. The molecule has 1 aromatic carbocycles. The molecule has 2 saturated heterocycles. The van der Waals surface area contributed by atoms with Crippen molar-refractivity contribution >= 4 is 23.8 Å². The van der Waals surface area contributed by atoms with Gasteiger partial charge in [0.2, 0.25) is 0 Å². The van der Waals surface area contributed by atoms with E-state index >= 15 is 0 Å². The summed E-state index contributed by atoms with van der Waals surface area (Å²) in [6, 6.07) is 5.88. The number of nitrogens with zero attached hydrogens (tertiary/aromatic N) is 1. The minimum Gasteiger partial charge on any atom is -0.481 e. The number of hydrogen-bond donors (Lipinski definition) is 3. The number of hydrogen-bond acceptors (Lipinski definition) is 4. The lowest BCUT2D eigenvalue weighted by Crippen LogP contribution is -2.45. The molecule has 4 amide bonds. The average molecular weight is 359 g/mol. The summed E-state index contributed by atoms with van der Waals surface area (Å²) in [5.41, 5.74) is -0.194. The highest BCUT2D eigenvalue weighted by atomic mass is 16.4. The van der Waals surface area contributed by atoms with Gasteiger partial charge in [-0.25, -0.2) is 4.79 Å². The average Bonchev–Trinajstić information content (AvgIpc) is 2.86. The van der Waals surface area contributed by atoms with Gasteiger partial charge in [-0.1, -0.05) is 19.1 Å². The monoisotopic (exact) mass is 359 g/mol. The first-order chi connectivity index (χ1) is 12.2. The molecular weight excluding hydrogens is 338 g/mol. The number of aliphatic carboxylic acids is 1. The number of benzene rings is 1. The van der Waals surface area contributed by atoms with E-state index in [0.29, 0.717) is 24.1 Å². The van der Waals surface area contributed by atoms with Crippen molar-refractivity contribution in [3.05, 3.63) is 35.4 Å². The second kappa shape index (κ2) is 6.44. The molecule has 3 unspecified atom stereocenters. The zero-order chi connectivity index (χ0) is 19.1. The molecule has 8 heteroatoms. The van der Waals surface area contributed by atoms with Crippen LogP contribution in [0.4, 0.5) is 4.79 Å². The Kier molecular flexibility index (Phi) is 4.43. The van der Waals surface area contributed by atoms with Crippen LogP contribution in [0.15, 0.2) is 24.3 Å². The fourth-order valence-corrected chi connectivity index (χ4v) is 3.57. The summed E-state index contributed by atoms with van der Waals surface area (Å²) in [6.07, 6.45) is 0.561. The summed E-state index contributed by atoms with van der Waals surface area (Å²) in [5.74, 6) is -2.02. The maximum Gasteiger partial charge on any atom is 0.322 e. The molecule has 2 aliphatic rings. The van der Waals surface area contributed by atoms with Crippen molar-refractivity contribution in [2.45, 2.75) is 25.8 Å². The van der Waals surface area contributed by atoms with Crippen LogP contribution in [0.3, 0.4) is 0 Å². The van der Waals surface area contributed by atoms with Crippen molar-refractivity contribution in [3.8, 4) is 0 Å². The third-order valence-corrected chi connectivity index (χ3v) is 5.05. The Hall–Kier alpha value is -2.90. The van der Waals surface area contributed by atoms with E-state index in [0.717, 1.165) is 0 Å². The maximum atomic E-state index is 12.7. The molecule has 0 bridgehead atoms. The smallest absolute Gasteiger partial charge is 0.322 e. The van der Waals surface area contributed by atoms with Gasteiger partial charge >= 0.3 is 12.0 Å². The van der Waals surface area contributed by atoms with Crippen molar-refractivity contribution in [2.24, 2.45) is 11.8 Å². The number of carboxylic acid groups (broad SMARTS) is 1. The van der Waals surface area contributed by atoms with Gasteiger partial charge in [-0.05, 0) is 37.0 Å². The van der Waals surface area contributed by atoms with Gasteiger partial charge in [-0.15, -0.1) is 0 Å². The van der Waals surface area contributed by atoms with Crippen LogP contribution in [-0.4, -0.2) is 46.9 Å². The van der Waals surface area contributed by atoms with Crippen molar-refractivity contribution in [1.82, 2.24) is 15.5 Å². The molecule has 2 heterocycles. The Labute approximate surface area is 150 Å². The Morgan fingerprint density at radius 2 is 1.85 bits per heavy atom. The van der Waals surface area contributed by atoms with E-state index in [1.54, 1.807) is 36.1 Å². The third kappa shape index (κ3) is 3.14. The van der Waals surface area contributed by atoms with Crippen LogP contribution in [0, 0.1) is 11.8 Å². The number of carbonyl (C=O) groups is 4. The van der Waals surface area contributed by atoms with Crippen LogP contribution in [0.5, 0.6) is 0 Å². The van der Waals surface area contributed by atoms with E-state index in [2.05, 4.69) is 10.6 Å². The number of piperidine rings is 1. The first-order valence-electron chi connectivity index (χ1n) is 8.47. The van der Waals surface area contributed by atoms with E-state index in [1.165, 1.54) is 0 Å². The standard InChI is InChI=1S/C18H21N3O5/c1-10-7-12(15(23)24)9-21(8-10)14(22)11-3-5-13(6-4-11)18(2)16(25)19-17(26)20-18/h3-6,10,12H,7-9H2,1-2H3,(H,23,24)(H2,19,20,25,26). The highest BCUT2D eigenvalue weighted by Crippen LogP contribution is 2.26. The SMILES string of the molecule is CC1CC(C(=O)O)CN(C(=O)c2ccc(C3(C)NC(=O)NC3=O)cc2)C1. The van der Waals surface area contributed by atoms with Crippen molar-refractivity contribution in [3.63, 3.8) is 0 Å². The minimum atomic E-state index is -1.17. The number of amides is 4. The fraction of sp³-hybridized carbons (Fsp3) is 0.444. The van der Waals surface area contributed by atoms with Gasteiger partial charge in [0, 0.05) is 18.7 Å². The number of nitrogens with one attached hydrogen (secondary N) is 2. The molecule has 3 N–H and O–H groups in total. The first kappa shape index (κ1) is 17.9. The lowest BCUT2D eigenvalue weighted by atomic mass is 9.89. The summed E-state index contributed by atoms with van der Waals surface area (Å²) < 4.78 is 0. The highest BCUT2D eigenvalue weighted by Gasteiger charge is 2.43. The Balaban J connectivity index is 1.78. The van der Waals surface area contributed by atoms with E-state index in [1.807, 2.05) is 6.92 Å². The molecule has 0 saturated carbocycles. The Bertz CT molecular complexity index is 776. The Morgan fingerprint density at radius 1 is 1.19 bits per heavy atom. The molecule has 138 valence electrons. The number of carbonyl (C=O) groups excluding carboxylic acids is 3. The van der Waals surface area contributed by atoms with E-state index in [9.17, 15) is 24.3 Å². The Morgan fingerprint density at radius 3 is 2.38 bits per heavy atom. The summed E-state index contributed by atoms with van der Waals surface area (Å²) in [7, 11) is 0. The van der Waals surface area contributed by atoms with Crippen LogP contribution in [0.2, 0.25) is 0 Å². The fourth-order valence-electron chi connectivity index (χ4n) is 3.57. The number of urea groups is 1. The second-order valence-electron chi connectivity index (χ2n) is 7.20. The molecule has 26 heavy (non-hydrogen) atoms. The summed E-state index contributed by atoms with van der Waals surface area (Å²) in [5, 5.41) is 14.0.